The quantitative estimate of drug-likeness (QED) is 0.658. The Balaban J connectivity index is 1.79. The second kappa shape index (κ2) is 8.50. The number of rotatable bonds is 4. The van der Waals surface area contributed by atoms with Gasteiger partial charge in [0.05, 0.1) is 0 Å². The van der Waals surface area contributed by atoms with E-state index in [1.54, 1.807) is 23.1 Å². The maximum Gasteiger partial charge on any atom is 0.410 e. The van der Waals surface area contributed by atoms with Gasteiger partial charge in [-0.1, -0.05) is 23.2 Å². The van der Waals surface area contributed by atoms with Crippen molar-refractivity contribution < 1.29 is 14.3 Å². The standard InChI is InChI=1S/C21H28Cl2N2O3/c1-21(2,3)28-20(27)24-11-5-4-6-18(24)19(26)25(16-8-9-16)13-14-12-15(22)7-10-17(14)23/h7,10,12,16,18H,4-6,8-9,11,13H2,1-3H3/t18-/m1/s1. The zero-order valence-electron chi connectivity index (χ0n) is 16.7. The largest absolute Gasteiger partial charge is 0.444 e. The van der Waals surface area contributed by atoms with Crippen molar-refractivity contribution in [3.63, 3.8) is 0 Å². The topological polar surface area (TPSA) is 49.9 Å². The van der Waals surface area contributed by atoms with Gasteiger partial charge in [0.1, 0.15) is 11.6 Å². The molecule has 0 aromatic heterocycles. The van der Waals surface area contributed by atoms with Gasteiger partial charge in [0, 0.05) is 29.2 Å². The Morgan fingerprint density at radius 2 is 1.89 bits per heavy atom. The third kappa shape index (κ3) is 5.32. The molecule has 2 fully saturated rings. The van der Waals surface area contributed by atoms with E-state index in [-0.39, 0.29) is 11.9 Å². The number of ether oxygens (including phenoxy) is 1. The fraction of sp³-hybridized carbons (Fsp3) is 0.619. The molecule has 2 amide bonds. The number of likely N-dealkylation sites (tertiary alicyclic amines) is 1. The first-order valence-electron chi connectivity index (χ1n) is 9.90. The number of carbonyl (C=O) groups is 2. The minimum absolute atomic E-state index is 0.0240. The Labute approximate surface area is 176 Å². The van der Waals surface area contributed by atoms with Gasteiger partial charge in [0.2, 0.25) is 5.91 Å². The number of amides is 2. The molecule has 0 unspecified atom stereocenters. The van der Waals surface area contributed by atoms with Crippen LogP contribution in [-0.2, 0) is 16.1 Å². The molecule has 1 aromatic carbocycles. The van der Waals surface area contributed by atoms with Crippen molar-refractivity contribution in [3.05, 3.63) is 33.8 Å². The average molecular weight is 427 g/mol. The molecule has 5 nitrogen and oxygen atoms in total. The lowest BCUT2D eigenvalue weighted by atomic mass is 10.0. The molecule has 154 valence electrons. The molecule has 2 aliphatic rings. The molecule has 3 rings (SSSR count). The summed E-state index contributed by atoms with van der Waals surface area (Å²) in [7, 11) is 0. The maximum atomic E-state index is 13.5. The predicted octanol–water partition coefficient (Wildman–Crippen LogP) is 5.27. The van der Waals surface area contributed by atoms with Crippen LogP contribution in [0.3, 0.4) is 0 Å². The molecule has 1 aliphatic heterocycles. The van der Waals surface area contributed by atoms with Gasteiger partial charge in [-0.25, -0.2) is 4.79 Å². The van der Waals surface area contributed by atoms with Crippen LogP contribution in [0, 0.1) is 0 Å². The molecule has 0 N–H and O–H groups in total. The molecule has 28 heavy (non-hydrogen) atoms. The van der Waals surface area contributed by atoms with E-state index < -0.39 is 17.7 Å². The predicted molar refractivity (Wildman–Crippen MR) is 111 cm³/mol. The number of halogens is 2. The number of hydrogen-bond donors (Lipinski definition) is 0. The lowest BCUT2D eigenvalue weighted by molar-refractivity contribution is -0.139. The summed E-state index contributed by atoms with van der Waals surface area (Å²) in [4.78, 5) is 29.6. The summed E-state index contributed by atoms with van der Waals surface area (Å²) >= 11 is 12.4. The van der Waals surface area contributed by atoms with Gasteiger partial charge in [-0.05, 0) is 76.6 Å². The fourth-order valence-electron chi connectivity index (χ4n) is 3.54. The summed E-state index contributed by atoms with van der Waals surface area (Å²) in [5, 5.41) is 1.19. The zero-order chi connectivity index (χ0) is 20.5. The van der Waals surface area contributed by atoms with Gasteiger partial charge in [0.25, 0.3) is 0 Å². The van der Waals surface area contributed by atoms with E-state index in [2.05, 4.69) is 0 Å². The molecular formula is C21H28Cl2N2O3. The van der Waals surface area contributed by atoms with E-state index in [0.717, 1.165) is 31.2 Å². The van der Waals surface area contributed by atoms with Crippen LogP contribution in [0.2, 0.25) is 10.0 Å². The third-order valence-corrected chi connectivity index (χ3v) is 5.64. The highest BCUT2D eigenvalue weighted by Gasteiger charge is 2.41. The Hall–Kier alpha value is -1.46. The van der Waals surface area contributed by atoms with Gasteiger partial charge < -0.3 is 9.64 Å². The summed E-state index contributed by atoms with van der Waals surface area (Å²) in [5.74, 6) is -0.0240. The first-order valence-corrected chi connectivity index (χ1v) is 10.7. The lowest BCUT2D eigenvalue weighted by Gasteiger charge is -2.38. The third-order valence-electron chi connectivity index (χ3n) is 5.04. The molecule has 1 atom stereocenters. The number of piperidine rings is 1. The normalized spacial score (nSPS) is 20.0. The maximum absolute atomic E-state index is 13.5. The highest BCUT2D eigenvalue weighted by atomic mass is 35.5. The second-order valence-electron chi connectivity index (χ2n) is 8.62. The van der Waals surface area contributed by atoms with Crippen LogP contribution in [0.4, 0.5) is 4.79 Å². The molecule has 1 aromatic rings. The summed E-state index contributed by atoms with van der Waals surface area (Å²) in [6.45, 7) is 6.46. The van der Waals surface area contributed by atoms with E-state index in [1.807, 2.05) is 25.7 Å². The number of hydrogen-bond acceptors (Lipinski definition) is 3. The van der Waals surface area contributed by atoms with Crippen molar-refractivity contribution in [3.8, 4) is 0 Å². The minimum atomic E-state index is -0.591. The molecule has 0 radical (unpaired) electrons. The van der Waals surface area contributed by atoms with Gasteiger partial charge in [0.15, 0.2) is 0 Å². The molecule has 1 aliphatic carbocycles. The lowest BCUT2D eigenvalue weighted by Crippen LogP contribution is -2.54. The number of carbonyl (C=O) groups excluding carboxylic acids is 2. The van der Waals surface area contributed by atoms with Crippen LogP contribution in [0.1, 0.15) is 58.4 Å². The van der Waals surface area contributed by atoms with E-state index >= 15 is 0 Å². The molecule has 1 heterocycles. The van der Waals surface area contributed by atoms with Crippen LogP contribution >= 0.6 is 23.2 Å². The van der Waals surface area contributed by atoms with Gasteiger partial charge in [-0.2, -0.15) is 0 Å². The van der Waals surface area contributed by atoms with Crippen molar-refractivity contribution in [1.82, 2.24) is 9.80 Å². The van der Waals surface area contributed by atoms with Gasteiger partial charge in [-0.15, -0.1) is 0 Å². The summed E-state index contributed by atoms with van der Waals surface area (Å²) in [6, 6.07) is 5.01. The van der Waals surface area contributed by atoms with Crippen LogP contribution in [0.5, 0.6) is 0 Å². The van der Waals surface area contributed by atoms with E-state index in [1.165, 1.54) is 0 Å². The smallest absolute Gasteiger partial charge is 0.410 e. The number of nitrogens with zero attached hydrogens (tertiary/aromatic N) is 2. The van der Waals surface area contributed by atoms with Crippen molar-refractivity contribution >= 4 is 35.2 Å². The molecule has 7 heteroatoms. The van der Waals surface area contributed by atoms with E-state index in [9.17, 15) is 9.59 Å². The molecule has 1 saturated carbocycles. The summed E-state index contributed by atoms with van der Waals surface area (Å²) in [6.07, 6.45) is 4.00. The van der Waals surface area contributed by atoms with E-state index in [4.69, 9.17) is 27.9 Å². The van der Waals surface area contributed by atoms with Crippen molar-refractivity contribution in [2.45, 2.75) is 77.1 Å². The van der Waals surface area contributed by atoms with Crippen LogP contribution < -0.4 is 0 Å². The Bertz CT molecular complexity index is 744. The van der Waals surface area contributed by atoms with Gasteiger partial charge in [-0.3, -0.25) is 9.69 Å². The first-order chi connectivity index (χ1) is 13.2. The molecular weight excluding hydrogens is 399 g/mol. The molecule has 0 bridgehead atoms. The number of benzene rings is 1. The van der Waals surface area contributed by atoms with Crippen molar-refractivity contribution in [2.24, 2.45) is 0 Å². The van der Waals surface area contributed by atoms with Crippen LogP contribution in [-0.4, -0.2) is 46.0 Å². The highest BCUT2D eigenvalue weighted by Crippen LogP contribution is 2.33. The second-order valence-corrected chi connectivity index (χ2v) is 9.46. The van der Waals surface area contributed by atoms with Crippen molar-refractivity contribution in [1.29, 1.82) is 0 Å². The van der Waals surface area contributed by atoms with Crippen LogP contribution in [0.25, 0.3) is 0 Å². The zero-order valence-corrected chi connectivity index (χ0v) is 18.2. The Morgan fingerprint density at radius 1 is 1.18 bits per heavy atom. The van der Waals surface area contributed by atoms with Gasteiger partial charge >= 0.3 is 6.09 Å². The Kier molecular flexibility index (Phi) is 6.45. The first kappa shape index (κ1) is 21.3. The summed E-state index contributed by atoms with van der Waals surface area (Å²) < 4.78 is 5.54. The molecule has 0 spiro atoms. The van der Waals surface area contributed by atoms with E-state index in [0.29, 0.717) is 29.6 Å². The molecule has 1 saturated heterocycles. The minimum Gasteiger partial charge on any atom is -0.444 e. The fourth-order valence-corrected chi connectivity index (χ4v) is 3.91. The van der Waals surface area contributed by atoms with Crippen LogP contribution in [0.15, 0.2) is 18.2 Å². The summed E-state index contributed by atoms with van der Waals surface area (Å²) in [5.41, 5.74) is 0.237. The average Bonchev–Trinajstić information content (AvgIpc) is 3.45. The Morgan fingerprint density at radius 3 is 2.54 bits per heavy atom. The monoisotopic (exact) mass is 426 g/mol. The van der Waals surface area contributed by atoms with Crippen molar-refractivity contribution in [2.75, 3.05) is 6.54 Å². The SMILES string of the molecule is CC(C)(C)OC(=O)N1CCCC[C@@H]1C(=O)N(Cc1cc(Cl)ccc1Cl)C1CC1. The highest BCUT2D eigenvalue weighted by molar-refractivity contribution is 6.33.